The summed E-state index contributed by atoms with van der Waals surface area (Å²) in [4.78, 5) is 29.4. The van der Waals surface area contributed by atoms with Gasteiger partial charge in [-0.2, -0.15) is 0 Å². The largest absolute Gasteiger partial charge is 0.354 e. The summed E-state index contributed by atoms with van der Waals surface area (Å²) in [6, 6.07) is 25.3. The lowest BCUT2D eigenvalue weighted by Gasteiger charge is -2.34. The Morgan fingerprint density at radius 1 is 0.911 bits per heavy atom. The second-order valence-corrected chi connectivity index (χ2v) is 13.2. The highest BCUT2D eigenvalue weighted by atomic mass is 35.5. The lowest BCUT2D eigenvalue weighted by molar-refractivity contribution is -0.140. The maximum Gasteiger partial charge on any atom is 0.264 e. The lowest BCUT2D eigenvalue weighted by atomic mass is 10.0. The highest BCUT2D eigenvalue weighted by Crippen LogP contribution is 2.30. The summed E-state index contributed by atoms with van der Waals surface area (Å²) in [5.41, 5.74) is 2.64. The number of hydrogen-bond donors (Lipinski definition) is 1. The number of halogens is 2. The van der Waals surface area contributed by atoms with Crippen molar-refractivity contribution in [1.82, 2.24) is 10.2 Å². The zero-order valence-electron chi connectivity index (χ0n) is 25.5. The van der Waals surface area contributed by atoms with Crippen LogP contribution in [0.15, 0.2) is 102 Å². The Morgan fingerprint density at radius 3 is 2.24 bits per heavy atom. The number of amides is 2. The quantitative estimate of drug-likeness (QED) is 0.180. The van der Waals surface area contributed by atoms with E-state index in [4.69, 9.17) is 11.6 Å². The SMILES string of the molecule is CCCNC(=O)[C@H](Cc1ccccc1)N(Cc1ccccc1F)C(=O)CN(c1cc(Cl)ccc1C)S(=O)(=O)c1ccc(C)cc1. The van der Waals surface area contributed by atoms with Crippen molar-refractivity contribution >= 4 is 39.1 Å². The third-order valence-corrected chi connectivity index (χ3v) is 9.46. The van der Waals surface area contributed by atoms with Gasteiger partial charge >= 0.3 is 0 Å². The molecule has 0 saturated heterocycles. The number of sulfonamides is 1. The van der Waals surface area contributed by atoms with E-state index < -0.39 is 40.2 Å². The molecule has 45 heavy (non-hydrogen) atoms. The van der Waals surface area contributed by atoms with Crippen LogP contribution in [-0.2, 0) is 32.6 Å². The van der Waals surface area contributed by atoms with Crippen molar-refractivity contribution in [2.24, 2.45) is 0 Å². The maximum absolute atomic E-state index is 15.0. The number of benzene rings is 4. The fraction of sp³-hybridized carbons (Fsp3) is 0.257. The Kier molecular flexibility index (Phi) is 11.4. The summed E-state index contributed by atoms with van der Waals surface area (Å²) >= 11 is 6.32. The van der Waals surface area contributed by atoms with Crippen LogP contribution in [0.3, 0.4) is 0 Å². The minimum Gasteiger partial charge on any atom is -0.354 e. The van der Waals surface area contributed by atoms with Gasteiger partial charge in [0.1, 0.15) is 18.4 Å². The van der Waals surface area contributed by atoms with Gasteiger partial charge in [-0.3, -0.25) is 13.9 Å². The minimum absolute atomic E-state index is 0.0116. The van der Waals surface area contributed by atoms with Crippen LogP contribution in [0.2, 0.25) is 5.02 Å². The average molecular weight is 650 g/mol. The maximum atomic E-state index is 15.0. The zero-order valence-corrected chi connectivity index (χ0v) is 27.1. The molecule has 0 unspecified atom stereocenters. The van der Waals surface area contributed by atoms with Crippen LogP contribution in [0.5, 0.6) is 0 Å². The first kappa shape index (κ1) is 33.7. The summed E-state index contributed by atoms with van der Waals surface area (Å²) in [6.07, 6.45) is 0.805. The summed E-state index contributed by atoms with van der Waals surface area (Å²) < 4.78 is 44.4. The number of carbonyl (C=O) groups is 2. The summed E-state index contributed by atoms with van der Waals surface area (Å²) in [7, 11) is -4.29. The van der Waals surface area contributed by atoms with Gasteiger partial charge < -0.3 is 10.2 Å². The Labute approximate surface area is 269 Å². The molecule has 4 rings (SSSR count). The number of rotatable bonds is 13. The number of hydrogen-bond acceptors (Lipinski definition) is 4. The van der Waals surface area contributed by atoms with Crippen LogP contribution in [0, 0.1) is 19.7 Å². The van der Waals surface area contributed by atoms with Crippen molar-refractivity contribution < 1.29 is 22.4 Å². The molecule has 0 saturated carbocycles. The molecule has 1 N–H and O–H groups in total. The predicted molar refractivity (Wildman–Crippen MR) is 176 cm³/mol. The molecule has 0 heterocycles. The molecule has 0 fully saturated rings. The highest BCUT2D eigenvalue weighted by molar-refractivity contribution is 7.92. The first-order valence-corrected chi connectivity index (χ1v) is 16.5. The number of nitrogens with zero attached hydrogens (tertiary/aromatic N) is 2. The Bertz CT molecular complexity index is 1730. The lowest BCUT2D eigenvalue weighted by Crippen LogP contribution is -2.53. The molecule has 7 nitrogen and oxygen atoms in total. The van der Waals surface area contributed by atoms with E-state index in [-0.39, 0.29) is 34.1 Å². The van der Waals surface area contributed by atoms with Gasteiger partial charge in [-0.15, -0.1) is 0 Å². The van der Waals surface area contributed by atoms with E-state index >= 15 is 4.39 Å². The monoisotopic (exact) mass is 649 g/mol. The highest BCUT2D eigenvalue weighted by Gasteiger charge is 2.35. The fourth-order valence-electron chi connectivity index (χ4n) is 4.93. The number of nitrogens with one attached hydrogen (secondary N) is 1. The minimum atomic E-state index is -4.29. The van der Waals surface area contributed by atoms with E-state index in [1.54, 1.807) is 43.3 Å². The number of anilines is 1. The normalized spacial score (nSPS) is 11.9. The van der Waals surface area contributed by atoms with E-state index in [0.717, 1.165) is 15.4 Å². The van der Waals surface area contributed by atoms with Crippen molar-refractivity contribution in [3.63, 3.8) is 0 Å². The zero-order chi connectivity index (χ0) is 32.6. The molecule has 0 aliphatic carbocycles. The van der Waals surface area contributed by atoms with Gasteiger partial charge in [0.25, 0.3) is 10.0 Å². The van der Waals surface area contributed by atoms with E-state index in [9.17, 15) is 18.0 Å². The van der Waals surface area contributed by atoms with Crippen LogP contribution in [0.25, 0.3) is 0 Å². The van der Waals surface area contributed by atoms with Crippen molar-refractivity contribution in [2.75, 3.05) is 17.4 Å². The van der Waals surface area contributed by atoms with Crippen LogP contribution >= 0.6 is 11.6 Å². The van der Waals surface area contributed by atoms with Crippen molar-refractivity contribution in [1.29, 1.82) is 0 Å². The van der Waals surface area contributed by atoms with Crippen LogP contribution in [-0.4, -0.2) is 44.3 Å². The first-order chi connectivity index (χ1) is 21.5. The average Bonchev–Trinajstić information content (AvgIpc) is 3.03. The van der Waals surface area contributed by atoms with Crippen molar-refractivity contribution in [3.8, 4) is 0 Å². The molecule has 0 aromatic heterocycles. The molecule has 1 atom stereocenters. The Hall–Kier alpha value is -4.21. The molecule has 0 aliphatic heterocycles. The van der Waals surface area contributed by atoms with E-state index in [1.165, 1.54) is 35.2 Å². The number of carbonyl (C=O) groups excluding carboxylic acids is 2. The molecular weight excluding hydrogens is 613 g/mol. The molecule has 0 bridgehead atoms. The third-order valence-electron chi connectivity index (χ3n) is 7.45. The second-order valence-electron chi connectivity index (χ2n) is 10.9. The van der Waals surface area contributed by atoms with Crippen LogP contribution < -0.4 is 9.62 Å². The number of aryl methyl sites for hydroxylation is 2. The first-order valence-electron chi connectivity index (χ1n) is 14.7. The molecule has 2 amide bonds. The van der Waals surface area contributed by atoms with Gasteiger partial charge in [-0.25, -0.2) is 12.8 Å². The summed E-state index contributed by atoms with van der Waals surface area (Å²) in [6.45, 7) is 4.95. The van der Waals surface area contributed by atoms with Gasteiger partial charge in [0.15, 0.2) is 0 Å². The van der Waals surface area contributed by atoms with Gasteiger partial charge in [-0.05, 0) is 61.7 Å². The van der Waals surface area contributed by atoms with Gasteiger partial charge in [0, 0.05) is 30.1 Å². The fourth-order valence-corrected chi connectivity index (χ4v) is 6.57. The summed E-state index contributed by atoms with van der Waals surface area (Å²) in [5.74, 6) is -1.64. The second kappa shape index (κ2) is 15.2. The van der Waals surface area contributed by atoms with Gasteiger partial charge in [0.05, 0.1) is 10.6 Å². The van der Waals surface area contributed by atoms with Gasteiger partial charge in [0.2, 0.25) is 11.8 Å². The standard InChI is InChI=1S/C35H37ClFN3O4S/c1-4-20-38-35(42)33(21-27-10-6-5-7-11-27)39(23-28-12-8-9-13-31(28)37)34(41)24-40(32-22-29(36)17-16-26(32)3)45(43,44)30-18-14-25(2)15-19-30/h5-19,22,33H,4,20-21,23-24H2,1-3H3,(H,38,42)/t33-/m0/s1. The predicted octanol–water partition coefficient (Wildman–Crippen LogP) is 6.46. The third kappa shape index (κ3) is 8.49. The molecule has 236 valence electrons. The molecule has 0 spiro atoms. The smallest absolute Gasteiger partial charge is 0.264 e. The summed E-state index contributed by atoms with van der Waals surface area (Å²) in [5, 5.41) is 3.16. The molecule has 0 radical (unpaired) electrons. The van der Waals surface area contributed by atoms with E-state index in [0.29, 0.717) is 18.5 Å². The molecular formula is C35H37ClFN3O4S. The molecule has 4 aromatic carbocycles. The van der Waals surface area contributed by atoms with Crippen molar-refractivity contribution in [2.45, 2.75) is 51.1 Å². The Balaban J connectivity index is 1.83. The van der Waals surface area contributed by atoms with E-state index in [2.05, 4.69) is 5.32 Å². The molecule has 0 aliphatic rings. The van der Waals surface area contributed by atoms with Gasteiger partial charge in [-0.1, -0.05) is 90.8 Å². The van der Waals surface area contributed by atoms with Crippen LogP contribution in [0.4, 0.5) is 10.1 Å². The topological polar surface area (TPSA) is 86.8 Å². The van der Waals surface area contributed by atoms with Crippen LogP contribution in [0.1, 0.15) is 35.6 Å². The van der Waals surface area contributed by atoms with E-state index in [1.807, 2.05) is 44.2 Å². The van der Waals surface area contributed by atoms with Crippen molar-refractivity contribution in [3.05, 3.63) is 130 Å². The molecule has 10 heteroatoms. The molecule has 4 aromatic rings. The Morgan fingerprint density at radius 2 is 1.58 bits per heavy atom.